The number of phenolic OH excluding ortho intramolecular Hbond substituents is 1. The highest BCUT2D eigenvalue weighted by Gasteiger charge is 2.24. The first kappa shape index (κ1) is 13.5. The highest BCUT2D eigenvalue weighted by atomic mass is 79.9. The van der Waals surface area contributed by atoms with Gasteiger partial charge in [0.25, 0.3) is 5.91 Å². The normalized spacial score (nSPS) is 11.9. The second-order valence-electron chi connectivity index (χ2n) is 3.59. The fourth-order valence-corrected chi connectivity index (χ4v) is 1.57. The Morgan fingerprint density at radius 1 is 1.41 bits per heavy atom. The van der Waals surface area contributed by atoms with Gasteiger partial charge in [0, 0.05) is 11.5 Å². The summed E-state index contributed by atoms with van der Waals surface area (Å²) in [6.07, 6.45) is 0. The number of amides is 1. The van der Waals surface area contributed by atoms with Gasteiger partial charge in [0.1, 0.15) is 11.8 Å². The average Bonchev–Trinajstić information content (AvgIpc) is 2.29. The fraction of sp³-hybridized carbons (Fsp3) is 0.273. The van der Waals surface area contributed by atoms with Crippen LogP contribution in [0.1, 0.15) is 17.3 Å². The fourth-order valence-electron chi connectivity index (χ4n) is 1.21. The third kappa shape index (κ3) is 2.97. The lowest BCUT2D eigenvalue weighted by atomic mass is 10.1. The topological polar surface area (TPSA) is 77.8 Å². The monoisotopic (exact) mass is 301 g/mol. The summed E-state index contributed by atoms with van der Waals surface area (Å²) in [5.41, 5.74) is 0.0648. The number of hydrogen-bond acceptors (Lipinski definition) is 3. The zero-order valence-corrected chi connectivity index (χ0v) is 10.9. The summed E-state index contributed by atoms with van der Waals surface area (Å²) in [5.74, 6) is -1.82. The quantitative estimate of drug-likeness (QED) is 0.891. The standard InChI is InChI=1S/C11H12BrNO4/c1-6(11(16)17)13(2)10(15)8-5-7(12)3-4-9(8)14/h3-6,14H,1-2H3,(H,16,17). The molecule has 5 nitrogen and oxygen atoms in total. The molecule has 1 aromatic rings. The largest absolute Gasteiger partial charge is 0.507 e. The van der Waals surface area contributed by atoms with E-state index in [2.05, 4.69) is 15.9 Å². The summed E-state index contributed by atoms with van der Waals surface area (Å²) in [6.45, 7) is 1.40. The molecule has 0 aliphatic rings. The first-order chi connectivity index (χ1) is 7.84. The van der Waals surface area contributed by atoms with Crippen LogP contribution >= 0.6 is 15.9 Å². The molecule has 0 bridgehead atoms. The van der Waals surface area contributed by atoms with Gasteiger partial charge in [0.15, 0.2) is 0 Å². The van der Waals surface area contributed by atoms with Crippen molar-refractivity contribution < 1.29 is 19.8 Å². The van der Waals surface area contributed by atoms with Gasteiger partial charge in [-0.2, -0.15) is 0 Å². The minimum Gasteiger partial charge on any atom is -0.507 e. The van der Waals surface area contributed by atoms with Gasteiger partial charge in [-0.1, -0.05) is 15.9 Å². The third-order valence-corrected chi connectivity index (χ3v) is 2.94. The molecular formula is C11H12BrNO4. The smallest absolute Gasteiger partial charge is 0.326 e. The van der Waals surface area contributed by atoms with Crippen LogP contribution in [0.3, 0.4) is 0 Å². The number of hydrogen-bond donors (Lipinski definition) is 2. The van der Waals surface area contributed by atoms with Gasteiger partial charge in [-0.05, 0) is 25.1 Å². The van der Waals surface area contributed by atoms with Gasteiger partial charge in [0.05, 0.1) is 5.56 Å². The van der Waals surface area contributed by atoms with E-state index in [-0.39, 0.29) is 11.3 Å². The maximum absolute atomic E-state index is 11.9. The number of carboxylic acid groups (broad SMARTS) is 1. The van der Waals surface area contributed by atoms with Crippen LogP contribution in [0.5, 0.6) is 5.75 Å². The summed E-state index contributed by atoms with van der Waals surface area (Å²) < 4.78 is 0.634. The Balaban J connectivity index is 3.04. The average molecular weight is 302 g/mol. The second kappa shape index (κ2) is 5.18. The van der Waals surface area contributed by atoms with E-state index in [1.165, 1.54) is 26.1 Å². The maximum atomic E-state index is 11.9. The summed E-state index contributed by atoms with van der Waals surface area (Å²) in [7, 11) is 1.38. The minimum atomic E-state index is -1.10. The molecule has 0 radical (unpaired) electrons. The lowest BCUT2D eigenvalue weighted by Gasteiger charge is -2.21. The first-order valence-corrected chi connectivity index (χ1v) is 5.62. The number of carbonyl (C=O) groups is 2. The van der Waals surface area contributed by atoms with Crippen molar-refractivity contribution >= 4 is 27.8 Å². The van der Waals surface area contributed by atoms with Crippen molar-refractivity contribution in [3.05, 3.63) is 28.2 Å². The Kier molecular flexibility index (Phi) is 4.11. The lowest BCUT2D eigenvalue weighted by molar-refractivity contribution is -0.141. The Labute approximate surface area is 107 Å². The van der Waals surface area contributed by atoms with Crippen molar-refractivity contribution in [1.82, 2.24) is 4.90 Å². The zero-order valence-electron chi connectivity index (χ0n) is 9.35. The molecule has 17 heavy (non-hydrogen) atoms. The summed E-state index contributed by atoms with van der Waals surface area (Å²) in [4.78, 5) is 23.8. The Hall–Kier alpha value is -1.56. The van der Waals surface area contributed by atoms with E-state index in [9.17, 15) is 14.7 Å². The first-order valence-electron chi connectivity index (χ1n) is 4.83. The van der Waals surface area contributed by atoms with Gasteiger partial charge in [0.2, 0.25) is 0 Å². The second-order valence-corrected chi connectivity index (χ2v) is 4.51. The van der Waals surface area contributed by atoms with E-state index in [1.54, 1.807) is 6.07 Å². The van der Waals surface area contributed by atoms with Crippen molar-refractivity contribution in [2.75, 3.05) is 7.05 Å². The van der Waals surface area contributed by atoms with Crippen LogP contribution in [-0.4, -0.2) is 40.1 Å². The molecule has 1 unspecified atom stereocenters. The summed E-state index contributed by atoms with van der Waals surface area (Å²) >= 11 is 3.18. The number of rotatable bonds is 3. The number of carboxylic acids is 1. The predicted octanol–water partition coefficient (Wildman–Crippen LogP) is 1.70. The highest BCUT2D eigenvalue weighted by Crippen LogP contribution is 2.23. The molecule has 0 aromatic heterocycles. The van der Waals surface area contributed by atoms with Crippen molar-refractivity contribution in [1.29, 1.82) is 0 Å². The highest BCUT2D eigenvalue weighted by molar-refractivity contribution is 9.10. The molecule has 1 aromatic carbocycles. The van der Waals surface area contributed by atoms with Crippen molar-refractivity contribution in [2.24, 2.45) is 0 Å². The molecule has 0 aliphatic heterocycles. The van der Waals surface area contributed by atoms with Gasteiger partial charge in [-0.25, -0.2) is 4.79 Å². The van der Waals surface area contributed by atoms with E-state index < -0.39 is 17.9 Å². The SMILES string of the molecule is CC(C(=O)O)N(C)C(=O)c1cc(Br)ccc1O. The third-order valence-electron chi connectivity index (χ3n) is 2.45. The van der Waals surface area contributed by atoms with Gasteiger partial charge in [-0.15, -0.1) is 0 Å². The van der Waals surface area contributed by atoms with Crippen LogP contribution in [0.2, 0.25) is 0 Å². The minimum absolute atomic E-state index is 0.0648. The number of halogens is 1. The Bertz CT molecular complexity index is 461. The van der Waals surface area contributed by atoms with Gasteiger partial charge in [-0.3, -0.25) is 4.79 Å². The van der Waals surface area contributed by atoms with Gasteiger partial charge < -0.3 is 15.1 Å². The molecule has 0 aliphatic carbocycles. The van der Waals surface area contributed by atoms with Crippen molar-refractivity contribution in [3.63, 3.8) is 0 Å². The maximum Gasteiger partial charge on any atom is 0.326 e. The van der Waals surface area contributed by atoms with Crippen LogP contribution in [-0.2, 0) is 4.79 Å². The summed E-state index contributed by atoms with van der Waals surface area (Å²) in [6, 6.07) is 3.45. The number of likely N-dealkylation sites (N-methyl/N-ethyl adjacent to an activating group) is 1. The molecular weight excluding hydrogens is 290 g/mol. The van der Waals surface area contributed by atoms with Crippen LogP contribution < -0.4 is 0 Å². The van der Waals surface area contributed by atoms with Crippen LogP contribution in [0, 0.1) is 0 Å². The van der Waals surface area contributed by atoms with Crippen LogP contribution in [0.25, 0.3) is 0 Å². The van der Waals surface area contributed by atoms with E-state index in [0.29, 0.717) is 4.47 Å². The number of benzene rings is 1. The molecule has 1 amide bonds. The van der Waals surface area contributed by atoms with Crippen LogP contribution in [0.15, 0.2) is 22.7 Å². The molecule has 0 heterocycles. The molecule has 0 saturated heterocycles. The molecule has 92 valence electrons. The Morgan fingerprint density at radius 2 is 2.00 bits per heavy atom. The number of aliphatic carboxylic acids is 1. The molecule has 6 heteroatoms. The van der Waals surface area contributed by atoms with Crippen LogP contribution in [0.4, 0.5) is 0 Å². The van der Waals surface area contributed by atoms with E-state index >= 15 is 0 Å². The van der Waals surface area contributed by atoms with Gasteiger partial charge >= 0.3 is 5.97 Å². The van der Waals surface area contributed by atoms with E-state index in [1.807, 2.05) is 0 Å². The summed E-state index contributed by atoms with van der Waals surface area (Å²) in [5, 5.41) is 18.4. The molecule has 0 fully saturated rings. The lowest BCUT2D eigenvalue weighted by Crippen LogP contribution is -2.40. The molecule has 0 spiro atoms. The number of nitrogens with zero attached hydrogens (tertiary/aromatic N) is 1. The number of phenols is 1. The van der Waals surface area contributed by atoms with E-state index in [4.69, 9.17) is 5.11 Å². The molecule has 1 rings (SSSR count). The van der Waals surface area contributed by atoms with Crippen molar-refractivity contribution in [2.45, 2.75) is 13.0 Å². The van der Waals surface area contributed by atoms with Crippen molar-refractivity contribution in [3.8, 4) is 5.75 Å². The number of aromatic hydroxyl groups is 1. The predicted molar refractivity (Wildman–Crippen MR) is 65.0 cm³/mol. The van der Waals surface area contributed by atoms with E-state index in [0.717, 1.165) is 4.90 Å². The number of carbonyl (C=O) groups excluding carboxylic acids is 1. The molecule has 0 saturated carbocycles. The zero-order chi connectivity index (χ0) is 13.2. The molecule has 2 N–H and O–H groups in total. The Morgan fingerprint density at radius 3 is 2.53 bits per heavy atom. The molecule has 1 atom stereocenters.